The lowest BCUT2D eigenvalue weighted by Crippen LogP contribution is -2.53. The molecule has 4 aliphatic carbocycles. The van der Waals surface area contributed by atoms with Crippen LogP contribution in [0.1, 0.15) is 70.9 Å². The highest BCUT2D eigenvalue weighted by Crippen LogP contribution is 2.68. The Balaban J connectivity index is 1.42. The number of aliphatic carboxylic acids is 1. The van der Waals surface area contributed by atoms with Gasteiger partial charge in [-0.25, -0.2) is 0 Å². The molecular weight excluding hydrogens is 394 g/mol. The minimum Gasteiger partial charge on any atom is -0.481 e. The summed E-state index contributed by atoms with van der Waals surface area (Å²) in [6, 6.07) is 0. The minimum atomic E-state index is -1.03. The highest BCUT2D eigenvalue weighted by atomic mass is 16.4. The standard InChI is InChI=1S/C24H33N3O4/c1-14-11-15-12-16(28)3-4-17(15)18-5-8-23(2)19(22(14)18)6-9-24(23,31)20-13-27(26-25-20)10-7-21(29)30/h12-14,17-19,22,31H,3-11H2,1-2H3,(H,29,30)/t14?,17?,18?,19?,22?,23-,24+/m0/s1. The molecule has 5 unspecified atom stereocenters. The number of carbonyl (C=O) groups excluding carboxylic acids is 1. The van der Waals surface area contributed by atoms with E-state index in [0.717, 1.165) is 32.1 Å². The summed E-state index contributed by atoms with van der Waals surface area (Å²) in [4.78, 5) is 22.9. The van der Waals surface area contributed by atoms with Crippen LogP contribution in [0.5, 0.6) is 0 Å². The Hall–Kier alpha value is -2.02. The normalized spacial score (nSPS) is 41.8. The van der Waals surface area contributed by atoms with Crippen LogP contribution in [0.3, 0.4) is 0 Å². The first-order valence-electron chi connectivity index (χ1n) is 11.8. The van der Waals surface area contributed by atoms with E-state index in [9.17, 15) is 14.7 Å². The van der Waals surface area contributed by atoms with Gasteiger partial charge in [0.05, 0.1) is 19.2 Å². The SMILES string of the molecule is CC1CC2=CC(=O)CCC2C2CC[C@@]3(C)C(CC[C@@]3(O)c3cn(CCC(=O)O)nn3)C12. The van der Waals surface area contributed by atoms with Crippen molar-refractivity contribution >= 4 is 11.8 Å². The first kappa shape index (κ1) is 20.9. The molecule has 7 heteroatoms. The average molecular weight is 428 g/mol. The Bertz CT molecular complexity index is 939. The van der Waals surface area contributed by atoms with Crippen molar-refractivity contribution in [3.05, 3.63) is 23.5 Å². The fourth-order valence-electron chi connectivity index (χ4n) is 7.83. The lowest BCUT2D eigenvalue weighted by molar-refractivity contribution is -0.137. The smallest absolute Gasteiger partial charge is 0.305 e. The number of hydrogen-bond donors (Lipinski definition) is 2. The van der Waals surface area contributed by atoms with Crippen molar-refractivity contribution < 1.29 is 19.8 Å². The molecule has 7 nitrogen and oxygen atoms in total. The lowest BCUT2D eigenvalue weighted by atomic mass is 9.48. The van der Waals surface area contributed by atoms with Gasteiger partial charge in [-0.05, 0) is 74.2 Å². The van der Waals surface area contributed by atoms with Crippen LogP contribution in [-0.2, 0) is 21.7 Å². The number of nitrogens with zero attached hydrogens (tertiary/aromatic N) is 3. The van der Waals surface area contributed by atoms with Crippen LogP contribution in [0.2, 0.25) is 0 Å². The van der Waals surface area contributed by atoms with Gasteiger partial charge in [-0.3, -0.25) is 14.3 Å². The van der Waals surface area contributed by atoms with E-state index in [2.05, 4.69) is 24.2 Å². The van der Waals surface area contributed by atoms with Crippen molar-refractivity contribution in [1.29, 1.82) is 0 Å². The molecule has 4 aliphatic rings. The molecular formula is C24H33N3O4. The molecule has 3 saturated carbocycles. The Labute approximate surface area is 182 Å². The number of carboxylic acid groups (broad SMARTS) is 1. The summed E-state index contributed by atoms with van der Waals surface area (Å²) < 4.78 is 1.54. The summed E-state index contributed by atoms with van der Waals surface area (Å²) in [6.07, 6.45) is 10.0. The Morgan fingerprint density at radius 2 is 2.10 bits per heavy atom. The molecule has 0 bridgehead atoms. The molecule has 168 valence electrons. The first-order chi connectivity index (χ1) is 14.7. The molecule has 0 spiro atoms. The molecule has 5 rings (SSSR count). The summed E-state index contributed by atoms with van der Waals surface area (Å²) >= 11 is 0. The van der Waals surface area contributed by atoms with E-state index >= 15 is 0 Å². The van der Waals surface area contributed by atoms with Crippen LogP contribution in [0.15, 0.2) is 17.8 Å². The topological polar surface area (TPSA) is 105 Å². The van der Waals surface area contributed by atoms with Crippen LogP contribution in [0.4, 0.5) is 0 Å². The van der Waals surface area contributed by atoms with Gasteiger partial charge in [0.15, 0.2) is 5.78 Å². The number of aliphatic hydroxyl groups is 1. The molecule has 7 atom stereocenters. The van der Waals surface area contributed by atoms with Crippen molar-refractivity contribution in [2.75, 3.05) is 0 Å². The molecule has 0 aliphatic heterocycles. The number of fused-ring (bicyclic) bond motifs is 5. The third kappa shape index (κ3) is 3.11. The van der Waals surface area contributed by atoms with Crippen LogP contribution < -0.4 is 0 Å². The Kier molecular flexibility index (Phi) is 4.88. The Morgan fingerprint density at radius 1 is 1.29 bits per heavy atom. The molecule has 3 fully saturated rings. The maximum atomic E-state index is 12.0. The van der Waals surface area contributed by atoms with Gasteiger partial charge in [-0.2, -0.15) is 0 Å². The zero-order valence-corrected chi connectivity index (χ0v) is 18.5. The largest absolute Gasteiger partial charge is 0.481 e. The number of ketones is 1. The van der Waals surface area contributed by atoms with Gasteiger partial charge in [-0.1, -0.05) is 24.6 Å². The number of hydrogen-bond acceptors (Lipinski definition) is 5. The maximum Gasteiger partial charge on any atom is 0.305 e. The molecule has 1 aromatic heterocycles. The summed E-state index contributed by atoms with van der Waals surface area (Å²) in [7, 11) is 0. The number of aryl methyl sites for hydroxylation is 1. The van der Waals surface area contributed by atoms with Crippen molar-refractivity contribution in [2.24, 2.45) is 35.0 Å². The van der Waals surface area contributed by atoms with Crippen molar-refractivity contribution in [1.82, 2.24) is 15.0 Å². The molecule has 1 heterocycles. The van der Waals surface area contributed by atoms with Crippen LogP contribution in [0.25, 0.3) is 0 Å². The highest BCUT2D eigenvalue weighted by Gasteiger charge is 2.64. The number of rotatable bonds is 4. The fraction of sp³-hybridized carbons (Fsp3) is 0.750. The number of carbonyl (C=O) groups is 2. The van der Waals surface area contributed by atoms with E-state index < -0.39 is 11.6 Å². The average Bonchev–Trinajstić information content (AvgIpc) is 3.30. The van der Waals surface area contributed by atoms with Crippen LogP contribution in [0, 0.1) is 35.0 Å². The van der Waals surface area contributed by atoms with E-state index in [0.29, 0.717) is 53.9 Å². The third-order valence-corrected chi connectivity index (χ3v) is 9.31. The summed E-state index contributed by atoms with van der Waals surface area (Å²) in [5.74, 6) is 2.06. The summed E-state index contributed by atoms with van der Waals surface area (Å²) in [6.45, 7) is 4.83. The molecule has 1 aromatic rings. The second-order valence-electron chi connectivity index (χ2n) is 10.7. The number of aromatic nitrogens is 3. The molecule has 0 aromatic carbocycles. The molecule has 0 radical (unpaired) electrons. The zero-order valence-electron chi connectivity index (χ0n) is 18.5. The highest BCUT2D eigenvalue weighted by molar-refractivity contribution is 5.91. The second-order valence-corrected chi connectivity index (χ2v) is 10.7. The number of carboxylic acids is 1. The third-order valence-electron chi connectivity index (χ3n) is 9.31. The second kappa shape index (κ2) is 7.26. The zero-order chi connectivity index (χ0) is 22.0. The van der Waals surface area contributed by atoms with Crippen molar-refractivity contribution in [3.8, 4) is 0 Å². The molecule has 0 amide bonds. The van der Waals surface area contributed by atoms with E-state index in [4.69, 9.17) is 5.11 Å². The summed E-state index contributed by atoms with van der Waals surface area (Å²) in [5, 5.41) is 29.3. The lowest BCUT2D eigenvalue weighted by Gasteiger charge is -2.57. The summed E-state index contributed by atoms with van der Waals surface area (Å²) in [5.41, 5.74) is 0.682. The molecule has 0 saturated heterocycles. The van der Waals surface area contributed by atoms with Crippen LogP contribution in [-0.4, -0.2) is 37.0 Å². The van der Waals surface area contributed by atoms with Gasteiger partial charge in [-0.15, -0.1) is 5.10 Å². The van der Waals surface area contributed by atoms with Crippen LogP contribution >= 0.6 is 0 Å². The van der Waals surface area contributed by atoms with Crippen molar-refractivity contribution in [2.45, 2.75) is 77.4 Å². The van der Waals surface area contributed by atoms with Gasteiger partial charge in [0, 0.05) is 11.8 Å². The first-order valence-corrected chi connectivity index (χ1v) is 11.8. The molecule has 31 heavy (non-hydrogen) atoms. The Morgan fingerprint density at radius 3 is 2.87 bits per heavy atom. The predicted molar refractivity (Wildman–Crippen MR) is 113 cm³/mol. The van der Waals surface area contributed by atoms with E-state index in [1.807, 2.05) is 6.08 Å². The maximum absolute atomic E-state index is 12.0. The van der Waals surface area contributed by atoms with Gasteiger partial charge < -0.3 is 10.2 Å². The monoisotopic (exact) mass is 427 g/mol. The molecule has 2 N–H and O–H groups in total. The van der Waals surface area contributed by atoms with Gasteiger partial charge in [0.1, 0.15) is 11.3 Å². The van der Waals surface area contributed by atoms with Gasteiger partial charge >= 0.3 is 5.97 Å². The number of allylic oxidation sites excluding steroid dienone is 1. The van der Waals surface area contributed by atoms with Gasteiger partial charge in [0.25, 0.3) is 0 Å². The predicted octanol–water partition coefficient (Wildman–Crippen LogP) is 3.33. The fourth-order valence-corrected chi connectivity index (χ4v) is 7.83. The quantitative estimate of drug-likeness (QED) is 0.764. The van der Waals surface area contributed by atoms with Gasteiger partial charge in [0.2, 0.25) is 0 Å². The van der Waals surface area contributed by atoms with Crippen molar-refractivity contribution in [3.63, 3.8) is 0 Å². The minimum absolute atomic E-state index is 0.0118. The van der Waals surface area contributed by atoms with E-state index in [-0.39, 0.29) is 18.4 Å². The van der Waals surface area contributed by atoms with E-state index in [1.54, 1.807) is 10.9 Å². The van der Waals surface area contributed by atoms with E-state index in [1.165, 1.54) is 5.57 Å².